The zero-order valence-corrected chi connectivity index (χ0v) is 10.5. The largest absolute Gasteiger partial charge is 0.330 e. The molecule has 1 saturated carbocycles. The molecule has 2 N–H and O–H groups in total. The molecule has 6 heteroatoms. The monoisotopic (exact) mass is 235 g/mol. The Hall–Kier alpha value is -0.170. The molecule has 0 radical (unpaired) electrons. The van der Waals surface area contributed by atoms with E-state index in [2.05, 4.69) is 0 Å². The van der Waals surface area contributed by atoms with Crippen molar-refractivity contribution in [3.05, 3.63) is 0 Å². The van der Waals surface area contributed by atoms with Crippen LogP contribution < -0.4 is 5.73 Å². The predicted octanol–water partition coefficient (Wildman–Crippen LogP) is -0.148. The maximum Gasteiger partial charge on any atom is 0.281 e. The highest BCUT2D eigenvalue weighted by molar-refractivity contribution is 7.86. The van der Waals surface area contributed by atoms with Gasteiger partial charge in [0, 0.05) is 27.2 Å². The van der Waals surface area contributed by atoms with Crippen LogP contribution in [0, 0.1) is 5.92 Å². The van der Waals surface area contributed by atoms with Crippen LogP contribution in [0.2, 0.25) is 0 Å². The van der Waals surface area contributed by atoms with Gasteiger partial charge in [-0.25, -0.2) is 0 Å². The van der Waals surface area contributed by atoms with E-state index in [9.17, 15) is 8.42 Å². The highest BCUT2D eigenvalue weighted by Crippen LogP contribution is 2.30. The molecule has 1 aliphatic carbocycles. The van der Waals surface area contributed by atoms with E-state index in [1.807, 2.05) is 0 Å². The van der Waals surface area contributed by atoms with Gasteiger partial charge in [-0.1, -0.05) is 6.42 Å². The molecule has 0 aromatic heterocycles. The number of rotatable bonds is 4. The molecule has 0 aromatic carbocycles. The van der Waals surface area contributed by atoms with E-state index >= 15 is 0 Å². The Labute approximate surface area is 92.4 Å². The molecule has 0 spiro atoms. The lowest BCUT2D eigenvalue weighted by molar-refractivity contribution is 0.289. The Morgan fingerprint density at radius 3 is 2.33 bits per heavy atom. The summed E-state index contributed by atoms with van der Waals surface area (Å²) in [7, 11) is 1.46. The van der Waals surface area contributed by atoms with Crippen molar-refractivity contribution in [2.45, 2.75) is 25.3 Å². The Bertz CT molecular complexity index is 302. The second kappa shape index (κ2) is 4.78. The molecule has 0 aliphatic heterocycles. The van der Waals surface area contributed by atoms with Crippen LogP contribution in [0.4, 0.5) is 0 Å². The van der Waals surface area contributed by atoms with Crippen LogP contribution in [-0.2, 0) is 10.2 Å². The zero-order chi connectivity index (χ0) is 11.6. The minimum Gasteiger partial charge on any atom is -0.330 e. The highest BCUT2D eigenvalue weighted by Gasteiger charge is 2.35. The van der Waals surface area contributed by atoms with Crippen molar-refractivity contribution >= 4 is 10.2 Å². The fraction of sp³-hybridized carbons (Fsp3) is 1.00. The molecule has 0 saturated heterocycles. The van der Waals surface area contributed by atoms with Crippen molar-refractivity contribution in [1.82, 2.24) is 8.61 Å². The second-order valence-corrected chi connectivity index (χ2v) is 6.50. The topological polar surface area (TPSA) is 66.6 Å². The summed E-state index contributed by atoms with van der Waals surface area (Å²) in [5.74, 6) is 0.310. The first-order chi connectivity index (χ1) is 6.91. The van der Waals surface area contributed by atoms with Crippen molar-refractivity contribution in [3.8, 4) is 0 Å². The average molecular weight is 235 g/mol. The van der Waals surface area contributed by atoms with Gasteiger partial charge in [0.25, 0.3) is 10.2 Å². The van der Waals surface area contributed by atoms with Crippen LogP contribution in [0.5, 0.6) is 0 Å². The van der Waals surface area contributed by atoms with Crippen molar-refractivity contribution < 1.29 is 8.42 Å². The zero-order valence-electron chi connectivity index (χ0n) is 9.68. The maximum absolute atomic E-state index is 11.9. The summed E-state index contributed by atoms with van der Waals surface area (Å²) in [6.07, 6.45) is 3.03. The van der Waals surface area contributed by atoms with Crippen LogP contribution in [0.25, 0.3) is 0 Å². The first-order valence-electron chi connectivity index (χ1n) is 5.26. The van der Waals surface area contributed by atoms with Crippen LogP contribution >= 0.6 is 0 Å². The summed E-state index contributed by atoms with van der Waals surface area (Å²) in [5.41, 5.74) is 5.65. The minimum absolute atomic E-state index is 0.0717. The lowest BCUT2D eigenvalue weighted by Crippen LogP contribution is -2.46. The number of hydrogen-bond donors (Lipinski definition) is 1. The van der Waals surface area contributed by atoms with Gasteiger partial charge in [0.2, 0.25) is 0 Å². The van der Waals surface area contributed by atoms with Gasteiger partial charge in [0.1, 0.15) is 0 Å². The lowest BCUT2D eigenvalue weighted by Gasteiger charge is -2.30. The first kappa shape index (κ1) is 12.9. The fourth-order valence-electron chi connectivity index (χ4n) is 2.20. The summed E-state index contributed by atoms with van der Waals surface area (Å²) in [6, 6.07) is 0.0717. The van der Waals surface area contributed by atoms with E-state index < -0.39 is 10.2 Å². The molecule has 0 heterocycles. The van der Waals surface area contributed by atoms with E-state index in [-0.39, 0.29) is 6.04 Å². The third kappa shape index (κ3) is 2.50. The molecule has 1 rings (SSSR count). The van der Waals surface area contributed by atoms with Gasteiger partial charge in [0.05, 0.1) is 0 Å². The van der Waals surface area contributed by atoms with Gasteiger partial charge in [-0.3, -0.25) is 0 Å². The van der Waals surface area contributed by atoms with Gasteiger partial charge in [-0.2, -0.15) is 17.0 Å². The Kier molecular flexibility index (Phi) is 4.11. The van der Waals surface area contributed by atoms with Gasteiger partial charge in [0.15, 0.2) is 0 Å². The normalized spacial score (nSPS) is 27.9. The van der Waals surface area contributed by atoms with Crippen LogP contribution in [0.3, 0.4) is 0 Å². The second-order valence-electron chi connectivity index (χ2n) is 4.30. The molecule has 1 fully saturated rings. The smallest absolute Gasteiger partial charge is 0.281 e. The van der Waals surface area contributed by atoms with E-state index in [4.69, 9.17) is 5.73 Å². The SMILES string of the molecule is CN(C)S(=O)(=O)N(C)C1CCCC1CN. The summed E-state index contributed by atoms with van der Waals surface area (Å²) < 4.78 is 26.5. The van der Waals surface area contributed by atoms with Crippen LogP contribution in [-0.4, -0.2) is 50.8 Å². The Morgan fingerprint density at radius 2 is 1.87 bits per heavy atom. The number of hydrogen-bond acceptors (Lipinski definition) is 3. The third-order valence-electron chi connectivity index (χ3n) is 3.21. The first-order valence-corrected chi connectivity index (χ1v) is 6.66. The molecule has 0 bridgehead atoms. The van der Waals surface area contributed by atoms with Crippen LogP contribution in [0.1, 0.15) is 19.3 Å². The van der Waals surface area contributed by atoms with E-state index in [0.29, 0.717) is 12.5 Å². The molecule has 5 nitrogen and oxygen atoms in total. The van der Waals surface area contributed by atoms with E-state index in [1.54, 1.807) is 21.1 Å². The quantitative estimate of drug-likeness (QED) is 0.737. The Morgan fingerprint density at radius 1 is 1.27 bits per heavy atom. The summed E-state index contributed by atoms with van der Waals surface area (Å²) in [6.45, 7) is 0.567. The molecule has 2 atom stereocenters. The molecule has 1 aliphatic rings. The van der Waals surface area contributed by atoms with Gasteiger partial charge < -0.3 is 5.73 Å². The summed E-state index contributed by atoms with van der Waals surface area (Å²) in [5, 5.41) is 0. The van der Waals surface area contributed by atoms with E-state index in [1.165, 1.54) is 8.61 Å². The van der Waals surface area contributed by atoms with Gasteiger partial charge in [-0.15, -0.1) is 0 Å². The van der Waals surface area contributed by atoms with Crippen molar-refractivity contribution in [2.75, 3.05) is 27.7 Å². The maximum atomic E-state index is 11.9. The molecular weight excluding hydrogens is 214 g/mol. The molecule has 15 heavy (non-hydrogen) atoms. The molecular formula is C9H21N3O2S. The van der Waals surface area contributed by atoms with Gasteiger partial charge >= 0.3 is 0 Å². The van der Waals surface area contributed by atoms with Crippen molar-refractivity contribution in [2.24, 2.45) is 11.7 Å². The standard InChI is InChI=1S/C9H21N3O2S/c1-11(2)15(13,14)12(3)9-6-4-5-8(9)7-10/h8-9H,4-7,10H2,1-3H3. The fourth-order valence-corrected chi connectivity index (χ4v) is 3.33. The number of nitrogens with zero attached hydrogens (tertiary/aromatic N) is 2. The molecule has 0 aromatic rings. The number of nitrogens with two attached hydrogens (primary N) is 1. The summed E-state index contributed by atoms with van der Waals surface area (Å²) >= 11 is 0. The lowest BCUT2D eigenvalue weighted by atomic mass is 10.0. The molecule has 2 unspecified atom stereocenters. The van der Waals surface area contributed by atoms with E-state index in [0.717, 1.165) is 19.3 Å². The van der Waals surface area contributed by atoms with Gasteiger partial charge in [-0.05, 0) is 25.3 Å². The highest BCUT2D eigenvalue weighted by atomic mass is 32.2. The molecule has 90 valence electrons. The van der Waals surface area contributed by atoms with Crippen molar-refractivity contribution in [1.29, 1.82) is 0 Å². The Balaban J connectivity index is 2.80. The minimum atomic E-state index is -3.29. The predicted molar refractivity (Wildman–Crippen MR) is 60.6 cm³/mol. The molecule has 0 amide bonds. The summed E-state index contributed by atoms with van der Waals surface area (Å²) in [4.78, 5) is 0. The van der Waals surface area contributed by atoms with Crippen molar-refractivity contribution in [3.63, 3.8) is 0 Å². The third-order valence-corrected chi connectivity index (χ3v) is 5.14. The van der Waals surface area contributed by atoms with Crippen LogP contribution in [0.15, 0.2) is 0 Å². The average Bonchev–Trinajstić information content (AvgIpc) is 2.63.